The van der Waals surface area contributed by atoms with Crippen molar-refractivity contribution in [2.24, 2.45) is 0 Å². The summed E-state index contributed by atoms with van der Waals surface area (Å²) in [5, 5.41) is 0. The van der Waals surface area contributed by atoms with Crippen molar-refractivity contribution in [3.8, 4) is 11.4 Å². The zero-order valence-corrected chi connectivity index (χ0v) is 9.81. The third kappa shape index (κ3) is 1.48. The van der Waals surface area contributed by atoms with E-state index in [9.17, 15) is 4.79 Å². The fourth-order valence-corrected chi connectivity index (χ4v) is 2.24. The minimum Gasteiger partial charge on any atom is -0.407 e. The molecule has 5 nitrogen and oxygen atoms in total. The number of imidazole rings is 1. The third-order valence-corrected chi connectivity index (χ3v) is 3.09. The molecule has 4 rings (SSSR count). The number of fused-ring (bicyclic) bond motifs is 2. The molecule has 5 heteroatoms. The van der Waals surface area contributed by atoms with Crippen LogP contribution in [-0.2, 0) is 0 Å². The van der Waals surface area contributed by atoms with E-state index in [2.05, 4.69) is 15.0 Å². The van der Waals surface area contributed by atoms with Gasteiger partial charge in [0.2, 0.25) is 0 Å². The molecule has 0 radical (unpaired) electrons. The molecule has 0 aliphatic rings. The van der Waals surface area contributed by atoms with Crippen molar-refractivity contribution in [3.63, 3.8) is 0 Å². The Hall–Kier alpha value is -2.82. The fraction of sp³-hybridized carbons (Fsp3) is 0. The van der Waals surface area contributed by atoms with Crippen LogP contribution in [0.5, 0.6) is 0 Å². The van der Waals surface area contributed by atoms with E-state index in [1.165, 1.54) is 0 Å². The summed E-state index contributed by atoms with van der Waals surface area (Å²) in [6.07, 6.45) is 0. The van der Waals surface area contributed by atoms with Gasteiger partial charge < -0.3 is 9.40 Å². The first kappa shape index (κ1) is 10.1. The van der Waals surface area contributed by atoms with Gasteiger partial charge in [-0.1, -0.05) is 18.2 Å². The molecule has 0 aliphatic carbocycles. The zero-order chi connectivity index (χ0) is 12.8. The number of oxazole rings is 1. The first-order valence-electron chi connectivity index (χ1n) is 5.88. The molecule has 92 valence electrons. The number of aromatic nitrogens is 3. The maximum absolute atomic E-state index is 11.3. The Balaban J connectivity index is 2.05. The van der Waals surface area contributed by atoms with Crippen LogP contribution >= 0.6 is 0 Å². The number of rotatable bonds is 1. The zero-order valence-electron chi connectivity index (χ0n) is 9.81. The molecule has 0 aliphatic heterocycles. The van der Waals surface area contributed by atoms with E-state index < -0.39 is 5.76 Å². The Morgan fingerprint density at radius 2 is 1.79 bits per heavy atom. The van der Waals surface area contributed by atoms with Crippen LogP contribution in [0.3, 0.4) is 0 Å². The molecule has 2 aromatic carbocycles. The average Bonchev–Trinajstić information content (AvgIpc) is 2.99. The normalized spacial score (nSPS) is 11.4. The summed E-state index contributed by atoms with van der Waals surface area (Å²) in [5.74, 6) is 0.230. The molecular formula is C14H9N3O2. The summed E-state index contributed by atoms with van der Waals surface area (Å²) in [4.78, 5) is 21.7. The lowest BCUT2D eigenvalue weighted by molar-refractivity contribution is 0.556. The van der Waals surface area contributed by atoms with Crippen LogP contribution in [0.15, 0.2) is 51.7 Å². The van der Waals surface area contributed by atoms with Gasteiger partial charge in [-0.05, 0) is 24.3 Å². The fourth-order valence-electron chi connectivity index (χ4n) is 2.24. The van der Waals surface area contributed by atoms with Gasteiger partial charge in [0.1, 0.15) is 5.82 Å². The summed E-state index contributed by atoms with van der Waals surface area (Å²) in [5.41, 5.74) is 3.79. The molecule has 19 heavy (non-hydrogen) atoms. The topological polar surface area (TPSA) is 74.7 Å². The lowest BCUT2D eigenvalue weighted by atomic mass is 10.2. The van der Waals surface area contributed by atoms with Gasteiger partial charge in [-0.3, -0.25) is 4.98 Å². The number of aromatic amines is 2. The van der Waals surface area contributed by atoms with Gasteiger partial charge in [0, 0.05) is 0 Å². The molecule has 0 bridgehead atoms. The molecule has 0 saturated carbocycles. The molecule has 0 spiro atoms. The van der Waals surface area contributed by atoms with Crippen molar-refractivity contribution in [1.82, 2.24) is 15.0 Å². The molecule has 0 atom stereocenters. The summed E-state index contributed by atoms with van der Waals surface area (Å²) in [7, 11) is 0. The van der Waals surface area contributed by atoms with E-state index in [0.717, 1.165) is 16.6 Å². The standard InChI is InChI=1S/C14H9N3O2/c18-14-17-11-7-3-4-8(12(11)19-14)13-15-9-5-1-2-6-10(9)16-13/h1-7H,(H,15,16)(H,17,18). The number of hydrogen-bond donors (Lipinski definition) is 2. The summed E-state index contributed by atoms with van der Waals surface area (Å²) in [6.45, 7) is 0. The van der Waals surface area contributed by atoms with Gasteiger partial charge in [0.05, 0.1) is 22.1 Å². The predicted molar refractivity (Wildman–Crippen MR) is 71.9 cm³/mol. The van der Waals surface area contributed by atoms with Gasteiger partial charge in [-0.2, -0.15) is 0 Å². The Bertz CT molecular complexity index is 913. The number of nitrogens with one attached hydrogen (secondary N) is 2. The van der Waals surface area contributed by atoms with E-state index >= 15 is 0 Å². The third-order valence-electron chi connectivity index (χ3n) is 3.09. The number of H-pyrrole nitrogens is 2. The summed E-state index contributed by atoms with van der Waals surface area (Å²) < 4.78 is 5.18. The minimum atomic E-state index is -0.460. The number of para-hydroxylation sites is 3. The second-order valence-electron chi connectivity index (χ2n) is 4.30. The molecule has 0 unspecified atom stereocenters. The second-order valence-corrected chi connectivity index (χ2v) is 4.30. The molecule has 4 aromatic rings. The summed E-state index contributed by atoms with van der Waals surface area (Å²) in [6, 6.07) is 13.3. The molecule has 2 aromatic heterocycles. The Labute approximate surface area is 106 Å². The second kappa shape index (κ2) is 3.58. The number of hydrogen-bond acceptors (Lipinski definition) is 3. The lowest BCUT2D eigenvalue weighted by Crippen LogP contribution is -1.92. The molecule has 0 saturated heterocycles. The van der Waals surface area contributed by atoms with Crippen LogP contribution in [0.2, 0.25) is 0 Å². The van der Waals surface area contributed by atoms with E-state index in [-0.39, 0.29) is 0 Å². The van der Waals surface area contributed by atoms with Gasteiger partial charge in [0.15, 0.2) is 5.58 Å². The Morgan fingerprint density at radius 3 is 2.68 bits per heavy atom. The average molecular weight is 251 g/mol. The van der Waals surface area contributed by atoms with Crippen LogP contribution in [0.1, 0.15) is 0 Å². The van der Waals surface area contributed by atoms with Crippen LogP contribution in [-0.4, -0.2) is 15.0 Å². The van der Waals surface area contributed by atoms with Crippen molar-refractivity contribution >= 4 is 22.1 Å². The van der Waals surface area contributed by atoms with Crippen molar-refractivity contribution in [3.05, 3.63) is 53.0 Å². The van der Waals surface area contributed by atoms with Crippen LogP contribution in [0, 0.1) is 0 Å². The lowest BCUT2D eigenvalue weighted by Gasteiger charge is -1.96. The highest BCUT2D eigenvalue weighted by atomic mass is 16.4. The SMILES string of the molecule is O=c1[nH]c2cccc(-c3nc4ccccc4[nH]3)c2o1. The molecule has 0 amide bonds. The highest BCUT2D eigenvalue weighted by molar-refractivity contribution is 5.90. The highest BCUT2D eigenvalue weighted by Gasteiger charge is 2.12. The quantitative estimate of drug-likeness (QED) is 0.546. The number of nitrogens with zero attached hydrogens (tertiary/aromatic N) is 1. The van der Waals surface area contributed by atoms with Crippen molar-refractivity contribution in [2.45, 2.75) is 0 Å². The van der Waals surface area contributed by atoms with Gasteiger partial charge >= 0.3 is 5.76 Å². The van der Waals surface area contributed by atoms with Crippen LogP contribution < -0.4 is 5.76 Å². The first-order valence-corrected chi connectivity index (χ1v) is 5.88. The number of benzene rings is 2. The van der Waals surface area contributed by atoms with Gasteiger partial charge in [-0.15, -0.1) is 0 Å². The monoisotopic (exact) mass is 251 g/mol. The predicted octanol–water partition coefficient (Wildman–Crippen LogP) is 2.66. The van der Waals surface area contributed by atoms with Gasteiger partial charge in [-0.25, -0.2) is 9.78 Å². The maximum atomic E-state index is 11.3. The van der Waals surface area contributed by atoms with Gasteiger partial charge in [0.25, 0.3) is 0 Å². The van der Waals surface area contributed by atoms with Crippen molar-refractivity contribution in [1.29, 1.82) is 0 Å². The smallest absolute Gasteiger partial charge is 0.407 e. The van der Waals surface area contributed by atoms with E-state index in [1.807, 2.05) is 36.4 Å². The molecular weight excluding hydrogens is 242 g/mol. The first-order chi connectivity index (χ1) is 9.31. The minimum absolute atomic E-state index is 0.460. The van der Waals surface area contributed by atoms with Crippen LogP contribution in [0.25, 0.3) is 33.5 Å². The highest BCUT2D eigenvalue weighted by Crippen LogP contribution is 2.26. The van der Waals surface area contributed by atoms with Crippen LogP contribution in [0.4, 0.5) is 0 Å². The largest absolute Gasteiger partial charge is 0.417 e. The summed E-state index contributed by atoms with van der Waals surface area (Å²) >= 11 is 0. The van der Waals surface area contributed by atoms with Crippen molar-refractivity contribution in [2.75, 3.05) is 0 Å². The molecule has 2 heterocycles. The van der Waals surface area contributed by atoms with E-state index in [0.29, 0.717) is 16.9 Å². The molecule has 2 N–H and O–H groups in total. The van der Waals surface area contributed by atoms with E-state index in [4.69, 9.17) is 4.42 Å². The molecule has 0 fully saturated rings. The Kier molecular flexibility index (Phi) is 1.91. The van der Waals surface area contributed by atoms with E-state index in [1.54, 1.807) is 6.07 Å². The Morgan fingerprint density at radius 1 is 0.947 bits per heavy atom. The maximum Gasteiger partial charge on any atom is 0.417 e. The van der Waals surface area contributed by atoms with Crippen molar-refractivity contribution < 1.29 is 4.42 Å².